The van der Waals surface area contributed by atoms with Crippen LogP contribution in [0.5, 0.6) is 23.0 Å². The molecule has 0 radical (unpaired) electrons. The highest BCUT2D eigenvalue weighted by molar-refractivity contribution is 6.09. The van der Waals surface area contributed by atoms with Gasteiger partial charge in [0.05, 0.1) is 40.1 Å². The molecule has 6 nitrogen and oxygen atoms in total. The second-order valence-electron chi connectivity index (χ2n) is 9.47. The minimum atomic E-state index is -0.0347. The number of carbonyl (C=O) groups excluding carboxylic acids is 1. The Bertz CT molecular complexity index is 1770. The highest BCUT2D eigenvalue weighted by atomic mass is 16.5. The van der Waals surface area contributed by atoms with Crippen LogP contribution in [0.3, 0.4) is 0 Å². The van der Waals surface area contributed by atoms with Gasteiger partial charge in [-0.1, -0.05) is 66.7 Å². The van der Waals surface area contributed by atoms with E-state index in [1.54, 1.807) is 40.6 Å². The Morgan fingerprint density at radius 1 is 0.524 bits per heavy atom. The molecule has 0 aliphatic heterocycles. The summed E-state index contributed by atoms with van der Waals surface area (Å²) >= 11 is 0. The zero-order valence-electron chi connectivity index (χ0n) is 23.8. The Hall–Kier alpha value is -5.54. The van der Waals surface area contributed by atoms with E-state index in [-0.39, 0.29) is 5.78 Å². The van der Waals surface area contributed by atoms with Crippen LogP contribution in [0.2, 0.25) is 0 Å². The highest BCUT2D eigenvalue weighted by Gasteiger charge is 2.21. The molecule has 0 bridgehead atoms. The van der Waals surface area contributed by atoms with Crippen molar-refractivity contribution in [2.45, 2.75) is 0 Å². The standard InChI is InChI=1S/C36H29NO5/c1-39-32-20-30(34(41-3)18-28(32)24-12-10-23(22-37)11-13-24)31-21-33(40-2)29(19-35(31)42-4)25-14-16-27(17-15-25)36(38)26-8-6-5-7-9-26/h5-21H,1-4H3. The van der Waals surface area contributed by atoms with E-state index < -0.39 is 0 Å². The first kappa shape index (κ1) is 28.0. The van der Waals surface area contributed by atoms with E-state index in [9.17, 15) is 10.1 Å². The highest BCUT2D eigenvalue weighted by Crippen LogP contribution is 2.47. The fourth-order valence-corrected chi connectivity index (χ4v) is 4.95. The Morgan fingerprint density at radius 2 is 0.905 bits per heavy atom. The Kier molecular flexibility index (Phi) is 8.22. The quantitative estimate of drug-likeness (QED) is 0.173. The third kappa shape index (κ3) is 5.41. The minimum absolute atomic E-state index is 0.0347. The first-order valence-electron chi connectivity index (χ1n) is 13.2. The van der Waals surface area contributed by atoms with Crippen molar-refractivity contribution >= 4 is 5.78 Å². The number of benzene rings is 5. The zero-order valence-corrected chi connectivity index (χ0v) is 23.8. The van der Waals surface area contributed by atoms with E-state index in [2.05, 4.69) is 6.07 Å². The summed E-state index contributed by atoms with van der Waals surface area (Å²) in [5.74, 6) is 2.46. The molecule has 0 fully saturated rings. The van der Waals surface area contributed by atoms with Crippen molar-refractivity contribution in [3.05, 3.63) is 120 Å². The van der Waals surface area contributed by atoms with Crippen molar-refractivity contribution < 1.29 is 23.7 Å². The largest absolute Gasteiger partial charge is 0.496 e. The zero-order chi connectivity index (χ0) is 29.6. The van der Waals surface area contributed by atoms with Crippen LogP contribution in [0.4, 0.5) is 0 Å². The maximum atomic E-state index is 12.9. The first-order valence-corrected chi connectivity index (χ1v) is 13.2. The van der Waals surface area contributed by atoms with Crippen molar-refractivity contribution in [1.82, 2.24) is 0 Å². The maximum Gasteiger partial charge on any atom is 0.193 e. The SMILES string of the molecule is COc1cc(-c2cc(OC)c(-c3ccc(C(=O)c4ccccc4)cc3)cc2OC)c(OC)cc1-c1ccc(C#N)cc1. The van der Waals surface area contributed by atoms with Gasteiger partial charge in [0, 0.05) is 33.4 Å². The van der Waals surface area contributed by atoms with Gasteiger partial charge < -0.3 is 18.9 Å². The number of nitriles is 1. The molecule has 0 saturated heterocycles. The summed E-state index contributed by atoms with van der Waals surface area (Å²) in [5, 5.41) is 9.18. The Labute approximate surface area is 245 Å². The molecule has 0 aliphatic rings. The lowest BCUT2D eigenvalue weighted by Crippen LogP contribution is -2.01. The molecule has 6 heteroatoms. The Morgan fingerprint density at radius 3 is 1.33 bits per heavy atom. The fraction of sp³-hybridized carbons (Fsp3) is 0.111. The van der Waals surface area contributed by atoms with E-state index >= 15 is 0 Å². The third-order valence-corrected chi connectivity index (χ3v) is 7.15. The summed E-state index contributed by atoms with van der Waals surface area (Å²) < 4.78 is 23.3. The van der Waals surface area contributed by atoms with Gasteiger partial charge in [-0.3, -0.25) is 4.79 Å². The van der Waals surface area contributed by atoms with Crippen molar-refractivity contribution in [1.29, 1.82) is 5.26 Å². The fourth-order valence-electron chi connectivity index (χ4n) is 4.95. The molecule has 5 aromatic rings. The summed E-state index contributed by atoms with van der Waals surface area (Å²) in [6.45, 7) is 0. The molecule has 5 rings (SSSR count). The summed E-state index contributed by atoms with van der Waals surface area (Å²) in [7, 11) is 6.47. The van der Waals surface area contributed by atoms with E-state index in [4.69, 9.17) is 18.9 Å². The van der Waals surface area contributed by atoms with E-state index in [1.165, 1.54) is 0 Å². The van der Waals surface area contributed by atoms with Gasteiger partial charge in [-0.2, -0.15) is 5.26 Å². The summed E-state index contributed by atoms with van der Waals surface area (Å²) in [6.07, 6.45) is 0. The van der Waals surface area contributed by atoms with Crippen molar-refractivity contribution in [3.8, 4) is 62.4 Å². The van der Waals surface area contributed by atoms with Crippen LogP contribution < -0.4 is 18.9 Å². The third-order valence-electron chi connectivity index (χ3n) is 7.15. The molecule has 0 spiro atoms. The molecule has 0 aliphatic carbocycles. The van der Waals surface area contributed by atoms with Crippen LogP contribution in [-0.4, -0.2) is 34.2 Å². The van der Waals surface area contributed by atoms with Crippen molar-refractivity contribution in [3.63, 3.8) is 0 Å². The van der Waals surface area contributed by atoms with Gasteiger partial charge >= 0.3 is 0 Å². The summed E-state index contributed by atoms with van der Waals surface area (Å²) in [4.78, 5) is 12.9. The number of ether oxygens (including phenoxy) is 4. The number of nitrogens with zero attached hydrogens (tertiary/aromatic N) is 1. The molecule has 0 aromatic heterocycles. The van der Waals surface area contributed by atoms with Gasteiger partial charge in [0.1, 0.15) is 23.0 Å². The first-order chi connectivity index (χ1) is 20.5. The van der Waals surface area contributed by atoms with Crippen LogP contribution in [0, 0.1) is 11.3 Å². The van der Waals surface area contributed by atoms with Gasteiger partial charge in [0.25, 0.3) is 0 Å². The van der Waals surface area contributed by atoms with Gasteiger partial charge in [-0.05, 0) is 47.5 Å². The second kappa shape index (κ2) is 12.3. The van der Waals surface area contributed by atoms with Crippen molar-refractivity contribution in [2.24, 2.45) is 0 Å². The van der Waals surface area contributed by atoms with Crippen LogP contribution in [0.1, 0.15) is 21.5 Å². The monoisotopic (exact) mass is 555 g/mol. The second-order valence-corrected chi connectivity index (χ2v) is 9.47. The molecule has 0 heterocycles. The molecular weight excluding hydrogens is 526 g/mol. The molecule has 42 heavy (non-hydrogen) atoms. The molecule has 0 unspecified atom stereocenters. The normalized spacial score (nSPS) is 10.5. The average Bonchev–Trinajstić information content (AvgIpc) is 3.07. The van der Waals surface area contributed by atoms with Crippen LogP contribution in [0.15, 0.2) is 103 Å². The van der Waals surface area contributed by atoms with E-state index in [0.717, 1.165) is 33.4 Å². The Balaban J connectivity index is 1.57. The molecule has 0 amide bonds. The topological polar surface area (TPSA) is 77.8 Å². The van der Waals surface area contributed by atoms with Crippen LogP contribution in [-0.2, 0) is 0 Å². The molecule has 0 N–H and O–H groups in total. The molecule has 0 atom stereocenters. The van der Waals surface area contributed by atoms with Crippen LogP contribution >= 0.6 is 0 Å². The van der Waals surface area contributed by atoms with Gasteiger partial charge in [0.2, 0.25) is 0 Å². The number of hydrogen-bond donors (Lipinski definition) is 0. The maximum absolute atomic E-state index is 12.9. The van der Waals surface area contributed by atoms with Gasteiger partial charge in [-0.15, -0.1) is 0 Å². The van der Waals surface area contributed by atoms with E-state index in [0.29, 0.717) is 39.7 Å². The number of methoxy groups -OCH3 is 4. The lowest BCUT2D eigenvalue weighted by Gasteiger charge is -2.19. The van der Waals surface area contributed by atoms with Crippen molar-refractivity contribution in [2.75, 3.05) is 28.4 Å². The number of hydrogen-bond acceptors (Lipinski definition) is 6. The number of carbonyl (C=O) groups is 1. The number of ketones is 1. The van der Waals surface area contributed by atoms with Gasteiger partial charge in [-0.25, -0.2) is 0 Å². The minimum Gasteiger partial charge on any atom is -0.496 e. The summed E-state index contributed by atoms with van der Waals surface area (Å²) in [5.41, 5.74) is 6.76. The predicted molar refractivity (Wildman–Crippen MR) is 164 cm³/mol. The number of rotatable bonds is 9. The molecule has 5 aromatic carbocycles. The molecule has 0 saturated carbocycles. The summed E-state index contributed by atoms with van der Waals surface area (Å²) in [6, 6.07) is 33.8. The van der Waals surface area contributed by atoms with E-state index in [1.807, 2.05) is 91.0 Å². The molecular formula is C36H29NO5. The molecule has 208 valence electrons. The smallest absolute Gasteiger partial charge is 0.193 e. The lowest BCUT2D eigenvalue weighted by molar-refractivity contribution is 0.103. The lowest BCUT2D eigenvalue weighted by atomic mass is 9.94. The van der Waals surface area contributed by atoms with Gasteiger partial charge in [0.15, 0.2) is 5.78 Å². The van der Waals surface area contributed by atoms with Crippen LogP contribution in [0.25, 0.3) is 33.4 Å². The predicted octanol–water partition coefficient (Wildman–Crippen LogP) is 7.82. The average molecular weight is 556 g/mol.